The van der Waals surface area contributed by atoms with Gasteiger partial charge in [0.25, 0.3) is 0 Å². The summed E-state index contributed by atoms with van der Waals surface area (Å²) in [6.07, 6.45) is 0.798. The van der Waals surface area contributed by atoms with Crippen LogP contribution in [0.3, 0.4) is 0 Å². The van der Waals surface area contributed by atoms with Crippen molar-refractivity contribution >= 4 is 6.29 Å². The van der Waals surface area contributed by atoms with Crippen LogP contribution in [0.2, 0.25) is 0 Å². The molecule has 0 aliphatic heterocycles. The summed E-state index contributed by atoms with van der Waals surface area (Å²) in [4.78, 5) is 10.6. The van der Waals surface area contributed by atoms with Crippen LogP contribution in [-0.4, -0.2) is 125 Å². The molecule has 0 heterocycles. The lowest BCUT2D eigenvalue weighted by atomic mass is 10.2. The molecule has 36 heavy (non-hydrogen) atoms. The number of ether oxygens (including phenoxy) is 9. The first-order chi connectivity index (χ1) is 17.9. The molecule has 0 atom stereocenters. The molecule has 0 spiro atoms. The van der Waals surface area contributed by atoms with E-state index in [9.17, 15) is 4.79 Å². The van der Waals surface area contributed by atoms with Crippen molar-refractivity contribution in [2.45, 2.75) is 0 Å². The van der Waals surface area contributed by atoms with Gasteiger partial charge in [0.15, 0.2) is 0 Å². The predicted molar refractivity (Wildman–Crippen MR) is 133 cm³/mol. The maximum absolute atomic E-state index is 10.6. The van der Waals surface area contributed by atoms with E-state index in [0.29, 0.717) is 130 Å². The van der Waals surface area contributed by atoms with E-state index in [0.717, 1.165) is 6.29 Å². The van der Waals surface area contributed by atoms with Crippen molar-refractivity contribution in [2.24, 2.45) is 5.73 Å². The van der Waals surface area contributed by atoms with E-state index in [4.69, 9.17) is 48.4 Å². The molecule has 208 valence electrons. The topological polar surface area (TPSA) is 126 Å². The second kappa shape index (κ2) is 26.4. The lowest BCUT2D eigenvalue weighted by Gasteiger charge is -2.09. The number of carbonyl (C=O) groups excluding carboxylic acids is 1. The van der Waals surface area contributed by atoms with E-state index in [-0.39, 0.29) is 0 Å². The standard InChI is InChI=1S/C25H43NO10/c26-5-6-28-7-8-29-9-10-30-11-12-31-13-14-32-15-16-33-17-18-34-19-20-35-21-22-36-25-3-1-24(23-27)2-4-25/h1-4,23H,5-22,26H2. The Kier molecular flexibility index (Phi) is 23.7. The fourth-order valence-corrected chi connectivity index (χ4v) is 2.59. The van der Waals surface area contributed by atoms with Gasteiger partial charge in [0, 0.05) is 12.1 Å². The second-order valence-electron chi connectivity index (χ2n) is 7.22. The zero-order valence-corrected chi connectivity index (χ0v) is 21.3. The van der Waals surface area contributed by atoms with Gasteiger partial charge in [-0.15, -0.1) is 0 Å². The number of benzene rings is 1. The van der Waals surface area contributed by atoms with Gasteiger partial charge >= 0.3 is 0 Å². The maximum Gasteiger partial charge on any atom is 0.150 e. The molecule has 1 aromatic carbocycles. The van der Waals surface area contributed by atoms with E-state index in [2.05, 4.69) is 0 Å². The molecule has 0 aromatic heterocycles. The molecule has 0 aliphatic rings. The van der Waals surface area contributed by atoms with Crippen LogP contribution in [0, 0.1) is 0 Å². The minimum Gasteiger partial charge on any atom is -0.491 e. The average molecular weight is 518 g/mol. The molecule has 0 unspecified atom stereocenters. The highest BCUT2D eigenvalue weighted by Crippen LogP contribution is 2.10. The number of nitrogens with two attached hydrogens (primary N) is 1. The third-order valence-electron chi connectivity index (χ3n) is 4.38. The largest absolute Gasteiger partial charge is 0.491 e. The van der Waals surface area contributed by atoms with Gasteiger partial charge in [-0.3, -0.25) is 4.79 Å². The Bertz CT molecular complexity index is 591. The van der Waals surface area contributed by atoms with Crippen LogP contribution >= 0.6 is 0 Å². The molecule has 0 saturated carbocycles. The van der Waals surface area contributed by atoms with Gasteiger partial charge < -0.3 is 48.4 Å². The van der Waals surface area contributed by atoms with Crippen LogP contribution < -0.4 is 10.5 Å². The summed E-state index contributed by atoms with van der Waals surface area (Å²) in [5, 5.41) is 0. The van der Waals surface area contributed by atoms with Crippen molar-refractivity contribution in [1.82, 2.24) is 0 Å². The molecule has 1 aromatic rings. The second-order valence-corrected chi connectivity index (χ2v) is 7.22. The van der Waals surface area contributed by atoms with E-state index in [1.807, 2.05) is 0 Å². The Hall–Kier alpha value is -1.67. The van der Waals surface area contributed by atoms with Gasteiger partial charge in [-0.1, -0.05) is 0 Å². The van der Waals surface area contributed by atoms with Gasteiger partial charge in [-0.05, 0) is 24.3 Å². The molecule has 0 amide bonds. The highest BCUT2D eigenvalue weighted by atomic mass is 16.6. The van der Waals surface area contributed by atoms with Crippen LogP contribution in [0.15, 0.2) is 24.3 Å². The summed E-state index contributed by atoms with van der Waals surface area (Å²) < 4.78 is 48.7. The first-order valence-electron chi connectivity index (χ1n) is 12.4. The van der Waals surface area contributed by atoms with Crippen LogP contribution in [0.25, 0.3) is 0 Å². The molecule has 2 N–H and O–H groups in total. The van der Waals surface area contributed by atoms with Gasteiger partial charge in [0.2, 0.25) is 0 Å². The highest BCUT2D eigenvalue weighted by Gasteiger charge is 1.97. The number of rotatable bonds is 28. The normalized spacial score (nSPS) is 11.1. The smallest absolute Gasteiger partial charge is 0.150 e. The van der Waals surface area contributed by atoms with Crippen LogP contribution in [0.4, 0.5) is 0 Å². The zero-order chi connectivity index (χ0) is 25.8. The van der Waals surface area contributed by atoms with E-state index < -0.39 is 0 Å². The quantitative estimate of drug-likeness (QED) is 0.126. The minimum atomic E-state index is 0.435. The Morgan fingerprint density at radius 3 is 1.08 bits per heavy atom. The fourth-order valence-electron chi connectivity index (χ4n) is 2.59. The monoisotopic (exact) mass is 517 g/mol. The van der Waals surface area contributed by atoms with Gasteiger partial charge in [0.1, 0.15) is 18.6 Å². The molecule has 11 heteroatoms. The third kappa shape index (κ3) is 21.6. The van der Waals surface area contributed by atoms with Crippen LogP contribution in [0.1, 0.15) is 10.4 Å². The lowest BCUT2D eigenvalue weighted by molar-refractivity contribution is -0.0234. The van der Waals surface area contributed by atoms with E-state index >= 15 is 0 Å². The Balaban J connectivity index is 1.67. The third-order valence-corrected chi connectivity index (χ3v) is 4.38. The first-order valence-corrected chi connectivity index (χ1v) is 12.4. The molecular weight excluding hydrogens is 474 g/mol. The summed E-state index contributed by atoms with van der Waals surface area (Å²) >= 11 is 0. The van der Waals surface area contributed by atoms with E-state index in [1.165, 1.54) is 0 Å². The summed E-state index contributed by atoms with van der Waals surface area (Å²) in [7, 11) is 0. The van der Waals surface area contributed by atoms with Crippen molar-refractivity contribution in [2.75, 3.05) is 119 Å². The lowest BCUT2D eigenvalue weighted by Crippen LogP contribution is -2.15. The van der Waals surface area contributed by atoms with Crippen molar-refractivity contribution in [1.29, 1.82) is 0 Å². The zero-order valence-electron chi connectivity index (χ0n) is 21.3. The van der Waals surface area contributed by atoms with Crippen molar-refractivity contribution in [3.8, 4) is 5.75 Å². The highest BCUT2D eigenvalue weighted by molar-refractivity contribution is 5.74. The molecule has 0 fully saturated rings. The number of hydrogen-bond donors (Lipinski definition) is 1. The Morgan fingerprint density at radius 1 is 0.472 bits per heavy atom. The first kappa shape index (κ1) is 32.4. The van der Waals surface area contributed by atoms with Crippen molar-refractivity contribution in [3.05, 3.63) is 29.8 Å². The van der Waals surface area contributed by atoms with E-state index in [1.54, 1.807) is 24.3 Å². The summed E-state index contributed by atoms with van der Waals surface area (Å²) in [5.74, 6) is 0.707. The van der Waals surface area contributed by atoms with Crippen LogP contribution in [-0.2, 0) is 37.9 Å². The molecule has 0 saturated heterocycles. The molecule has 11 nitrogen and oxygen atoms in total. The van der Waals surface area contributed by atoms with Crippen molar-refractivity contribution in [3.63, 3.8) is 0 Å². The fraction of sp³-hybridized carbons (Fsp3) is 0.720. The summed E-state index contributed by atoms with van der Waals surface area (Å²) in [6, 6.07) is 6.93. The number of hydrogen-bond acceptors (Lipinski definition) is 11. The molecular formula is C25H43NO10. The average Bonchev–Trinajstić information content (AvgIpc) is 2.91. The molecule has 0 bridgehead atoms. The minimum absolute atomic E-state index is 0.435. The Morgan fingerprint density at radius 2 is 0.778 bits per heavy atom. The molecule has 0 aliphatic carbocycles. The molecule has 1 rings (SSSR count). The van der Waals surface area contributed by atoms with Gasteiger partial charge in [0.05, 0.1) is 106 Å². The molecule has 0 radical (unpaired) electrons. The summed E-state index contributed by atoms with van der Waals surface area (Å²) in [5.41, 5.74) is 5.94. The maximum atomic E-state index is 10.6. The number of carbonyl (C=O) groups is 1. The number of aldehydes is 1. The van der Waals surface area contributed by atoms with Gasteiger partial charge in [-0.25, -0.2) is 0 Å². The SMILES string of the molecule is NCCOCCOCCOCCOCCOCCOCCOCCOCCOc1ccc(C=O)cc1. The van der Waals surface area contributed by atoms with Crippen molar-refractivity contribution < 1.29 is 47.4 Å². The summed E-state index contributed by atoms with van der Waals surface area (Å²) in [6.45, 7) is 9.19. The Labute approximate surface area is 214 Å². The van der Waals surface area contributed by atoms with Crippen LogP contribution in [0.5, 0.6) is 5.75 Å². The van der Waals surface area contributed by atoms with Gasteiger partial charge in [-0.2, -0.15) is 0 Å². The predicted octanol–water partition coefficient (Wildman–Crippen LogP) is 0.969.